The summed E-state index contributed by atoms with van der Waals surface area (Å²) < 4.78 is 0. The van der Waals surface area contributed by atoms with Crippen LogP contribution in [0.3, 0.4) is 0 Å². The molecule has 1 N–H and O–H groups in total. The molecule has 0 saturated heterocycles. The molecule has 1 aliphatic carbocycles. The van der Waals surface area contributed by atoms with Crippen LogP contribution in [0.5, 0.6) is 0 Å². The fourth-order valence-electron chi connectivity index (χ4n) is 3.06. The topological polar surface area (TPSA) is 15.3 Å². The number of fused-ring (bicyclic) bond motifs is 2. The van der Waals surface area contributed by atoms with Crippen LogP contribution in [-0.2, 0) is 0 Å². The zero-order valence-corrected chi connectivity index (χ0v) is 12.0. The van der Waals surface area contributed by atoms with E-state index in [2.05, 4.69) is 70.9 Å². The van der Waals surface area contributed by atoms with Gasteiger partial charge in [0.2, 0.25) is 0 Å². The lowest BCUT2D eigenvalue weighted by Crippen LogP contribution is -2.40. The summed E-state index contributed by atoms with van der Waals surface area (Å²) in [7, 11) is 2.02. The lowest BCUT2D eigenvalue weighted by molar-refractivity contribution is 0.584. The van der Waals surface area contributed by atoms with Crippen LogP contribution in [0.2, 0.25) is 0 Å². The lowest BCUT2D eigenvalue weighted by Gasteiger charge is -2.35. The molecule has 1 aromatic carbocycles. The maximum absolute atomic E-state index is 3.24. The highest BCUT2D eigenvalue weighted by molar-refractivity contribution is 5.71. The first kappa shape index (κ1) is 13.2. The van der Waals surface area contributed by atoms with Crippen LogP contribution in [0.15, 0.2) is 54.6 Å². The van der Waals surface area contributed by atoms with Crippen molar-refractivity contribution in [3.63, 3.8) is 0 Å². The molecular weight excluding hydrogens is 244 g/mol. The predicted molar refractivity (Wildman–Crippen MR) is 86.9 cm³/mol. The van der Waals surface area contributed by atoms with Crippen LogP contribution < -0.4 is 10.2 Å². The second kappa shape index (κ2) is 6.10. The zero-order chi connectivity index (χ0) is 13.8. The van der Waals surface area contributed by atoms with Gasteiger partial charge in [0.1, 0.15) is 0 Å². The third-order valence-corrected chi connectivity index (χ3v) is 4.08. The summed E-state index contributed by atoms with van der Waals surface area (Å²) in [5.41, 5.74) is 2.68. The number of hydrogen-bond acceptors (Lipinski definition) is 2. The summed E-state index contributed by atoms with van der Waals surface area (Å²) >= 11 is 0. The third kappa shape index (κ3) is 2.56. The summed E-state index contributed by atoms with van der Waals surface area (Å²) in [6, 6.07) is 9.16. The van der Waals surface area contributed by atoms with Crippen LogP contribution in [0.1, 0.15) is 12.0 Å². The van der Waals surface area contributed by atoms with Crippen molar-refractivity contribution in [3.8, 4) is 0 Å². The van der Waals surface area contributed by atoms with E-state index in [9.17, 15) is 0 Å². The number of nitrogens with zero attached hydrogens (tertiary/aromatic N) is 1. The monoisotopic (exact) mass is 266 g/mol. The molecule has 0 bridgehead atoms. The van der Waals surface area contributed by atoms with Crippen molar-refractivity contribution in [2.75, 3.05) is 25.0 Å². The van der Waals surface area contributed by atoms with Gasteiger partial charge < -0.3 is 10.2 Å². The van der Waals surface area contributed by atoms with Gasteiger partial charge in [0.15, 0.2) is 0 Å². The predicted octanol–water partition coefficient (Wildman–Crippen LogP) is 3.24. The van der Waals surface area contributed by atoms with Gasteiger partial charge in [0, 0.05) is 18.2 Å². The average molecular weight is 266 g/mol. The van der Waals surface area contributed by atoms with E-state index in [1.807, 2.05) is 7.05 Å². The molecule has 0 amide bonds. The van der Waals surface area contributed by atoms with Gasteiger partial charge >= 0.3 is 0 Å². The smallest absolute Gasteiger partial charge is 0.0573 e. The van der Waals surface area contributed by atoms with Crippen LogP contribution in [0.4, 0.5) is 5.69 Å². The fourth-order valence-corrected chi connectivity index (χ4v) is 3.06. The van der Waals surface area contributed by atoms with E-state index in [1.165, 1.54) is 11.3 Å². The maximum Gasteiger partial charge on any atom is 0.0573 e. The minimum Gasteiger partial charge on any atom is -0.364 e. The van der Waals surface area contributed by atoms with Gasteiger partial charge in [0.05, 0.1) is 6.04 Å². The summed E-state index contributed by atoms with van der Waals surface area (Å²) in [6.45, 7) is 2.14. The van der Waals surface area contributed by atoms with Gasteiger partial charge in [-0.3, -0.25) is 0 Å². The van der Waals surface area contributed by atoms with E-state index in [-0.39, 0.29) is 0 Å². The van der Waals surface area contributed by atoms with Gasteiger partial charge in [-0.1, -0.05) is 54.7 Å². The number of para-hydroxylation sites is 1. The third-order valence-electron chi connectivity index (χ3n) is 4.08. The number of anilines is 1. The molecule has 1 aliphatic heterocycles. The Morgan fingerprint density at radius 2 is 1.95 bits per heavy atom. The number of allylic oxidation sites excluding steroid dienone is 2. The van der Waals surface area contributed by atoms with Crippen molar-refractivity contribution in [2.45, 2.75) is 12.5 Å². The Balaban J connectivity index is 1.93. The number of rotatable bonds is 4. The Morgan fingerprint density at radius 1 is 1.10 bits per heavy atom. The van der Waals surface area contributed by atoms with Gasteiger partial charge in [0.25, 0.3) is 0 Å². The Hall–Kier alpha value is -1.80. The van der Waals surface area contributed by atoms with E-state index in [0.29, 0.717) is 12.0 Å². The minimum atomic E-state index is 0.441. The highest BCUT2D eigenvalue weighted by Crippen LogP contribution is 2.33. The van der Waals surface area contributed by atoms with E-state index < -0.39 is 0 Å². The van der Waals surface area contributed by atoms with E-state index in [0.717, 1.165) is 19.5 Å². The summed E-state index contributed by atoms with van der Waals surface area (Å²) in [6.07, 6.45) is 14.7. The molecule has 0 fully saturated rings. The molecule has 2 aliphatic rings. The molecular formula is C18H22N2. The Labute approximate surface area is 121 Å². The molecule has 0 aromatic heterocycles. The van der Waals surface area contributed by atoms with Crippen LogP contribution >= 0.6 is 0 Å². The molecule has 0 saturated carbocycles. The molecule has 104 valence electrons. The first-order valence-electron chi connectivity index (χ1n) is 7.43. The van der Waals surface area contributed by atoms with Crippen molar-refractivity contribution in [3.05, 3.63) is 60.2 Å². The number of nitrogens with one attached hydrogen (secondary N) is 1. The van der Waals surface area contributed by atoms with Crippen molar-refractivity contribution < 1.29 is 0 Å². The first-order valence-corrected chi connectivity index (χ1v) is 7.43. The summed E-state index contributed by atoms with van der Waals surface area (Å²) in [5.74, 6) is 0.474. The van der Waals surface area contributed by atoms with Gasteiger partial charge in [-0.25, -0.2) is 0 Å². The van der Waals surface area contributed by atoms with Gasteiger partial charge in [-0.15, -0.1) is 0 Å². The van der Waals surface area contributed by atoms with E-state index >= 15 is 0 Å². The number of benzene rings is 1. The van der Waals surface area contributed by atoms with E-state index in [4.69, 9.17) is 0 Å². The highest BCUT2D eigenvalue weighted by atomic mass is 15.2. The van der Waals surface area contributed by atoms with Crippen LogP contribution in [0, 0.1) is 5.92 Å². The number of hydrogen-bond donors (Lipinski definition) is 1. The molecule has 1 aromatic rings. The van der Waals surface area contributed by atoms with Crippen molar-refractivity contribution in [2.24, 2.45) is 5.92 Å². The molecule has 1 heterocycles. The quantitative estimate of drug-likeness (QED) is 0.842. The van der Waals surface area contributed by atoms with Gasteiger partial charge in [-0.2, -0.15) is 0 Å². The molecule has 20 heavy (non-hydrogen) atoms. The van der Waals surface area contributed by atoms with Gasteiger partial charge in [-0.05, 0) is 31.6 Å². The molecule has 2 unspecified atom stereocenters. The molecule has 3 rings (SSSR count). The fraction of sp³-hybridized carbons (Fsp3) is 0.333. The lowest BCUT2D eigenvalue weighted by atomic mass is 9.94. The largest absolute Gasteiger partial charge is 0.364 e. The Bertz CT molecular complexity index is 542. The minimum absolute atomic E-state index is 0.441. The summed E-state index contributed by atoms with van der Waals surface area (Å²) in [5, 5.41) is 3.24. The molecule has 2 nitrogen and oxygen atoms in total. The molecule has 0 radical (unpaired) electrons. The average Bonchev–Trinajstić information content (AvgIpc) is 2.66. The normalized spacial score (nSPS) is 23.4. The maximum atomic E-state index is 3.24. The first-order chi connectivity index (χ1) is 9.90. The SMILES string of the molecule is CNCCCN1c2ccccc2C=CC2C=CC=CC21. The summed E-state index contributed by atoms with van der Waals surface area (Å²) in [4.78, 5) is 2.55. The second-order valence-corrected chi connectivity index (χ2v) is 5.41. The van der Waals surface area contributed by atoms with Crippen molar-refractivity contribution >= 4 is 11.8 Å². The van der Waals surface area contributed by atoms with Crippen LogP contribution in [0.25, 0.3) is 6.08 Å². The highest BCUT2D eigenvalue weighted by Gasteiger charge is 2.26. The van der Waals surface area contributed by atoms with Crippen molar-refractivity contribution in [1.29, 1.82) is 0 Å². The molecule has 2 atom stereocenters. The Kier molecular flexibility index (Phi) is 4.03. The standard InChI is InChI=1S/C18H22N2/c1-19-13-6-14-20-17-9-4-2-7-15(17)11-12-16-8-3-5-10-18(16)20/h2-5,7-12,15,17,19H,6,13-14H2,1H3. The molecule has 0 spiro atoms. The zero-order valence-electron chi connectivity index (χ0n) is 12.0. The Morgan fingerprint density at radius 3 is 2.85 bits per heavy atom. The van der Waals surface area contributed by atoms with Crippen LogP contribution in [-0.4, -0.2) is 26.2 Å². The second-order valence-electron chi connectivity index (χ2n) is 5.41. The molecule has 2 heteroatoms. The van der Waals surface area contributed by atoms with Crippen molar-refractivity contribution in [1.82, 2.24) is 5.32 Å². The van der Waals surface area contributed by atoms with E-state index in [1.54, 1.807) is 0 Å².